The minimum absolute atomic E-state index is 0.0202. The zero-order chi connectivity index (χ0) is 22.8. The fourth-order valence-corrected chi connectivity index (χ4v) is 6.71. The second-order valence-electron chi connectivity index (χ2n) is 9.01. The van der Waals surface area contributed by atoms with Crippen molar-refractivity contribution in [1.29, 1.82) is 0 Å². The maximum Gasteiger partial charge on any atom is 0.243 e. The molecule has 31 heavy (non-hydrogen) atoms. The first kappa shape index (κ1) is 23.7. The summed E-state index contributed by atoms with van der Waals surface area (Å²) in [6, 6.07) is 2.02. The van der Waals surface area contributed by atoms with Crippen molar-refractivity contribution >= 4 is 21.8 Å². The molecular weight excluding hydrogens is 414 g/mol. The smallest absolute Gasteiger partial charge is 0.243 e. The number of rotatable bonds is 6. The summed E-state index contributed by atoms with van der Waals surface area (Å²) in [5, 5.41) is 2.74. The van der Waals surface area contributed by atoms with Crippen LogP contribution < -0.4 is 5.32 Å². The van der Waals surface area contributed by atoms with E-state index in [-0.39, 0.29) is 31.4 Å². The third-order valence-corrected chi connectivity index (χ3v) is 9.05. The summed E-state index contributed by atoms with van der Waals surface area (Å²) in [5.41, 5.74) is 3.49. The number of nitrogens with one attached hydrogen (secondary N) is 1. The van der Waals surface area contributed by atoms with Gasteiger partial charge in [0.15, 0.2) is 0 Å². The second-order valence-corrected chi connectivity index (χ2v) is 10.9. The van der Waals surface area contributed by atoms with Gasteiger partial charge < -0.3 is 10.2 Å². The van der Waals surface area contributed by atoms with Crippen LogP contribution in [0.2, 0.25) is 0 Å². The molecule has 0 radical (unpaired) electrons. The largest absolute Gasteiger partial charge is 0.347 e. The van der Waals surface area contributed by atoms with E-state index in [1.54, 1.807) is 4.90 Å². The number of carbonyl (C=O) groups is 2. The molecule has 1 aliphatic heterocycles. The van der Waals surface area contributed by atoms with Crippen molar-refractivity contribution in [3.8, 4) is 0 Å². The van der Waals surface area contributed by atoms with Crippen molar-refractivity contribution in [2.45, 2.75) is 64.7 Å². The van der Waals surface area contributed by atoms with Gasteiger partial charge in [0.2, 0.25) is 21.8 Å². The Bertz CT molecular complexity index is 918. The van der Waals surface area contributed by atoms with Crippen LogP contribution in [-0.2, 0) is 19.6 Å². The van der Waals surface area contributed by atoms with E-state index in [4.69, 9.17) is 0 Å². The lowest BCUT2D eigenvalue weighted by Gasteiger charge is -2.35. The van der Waals surface area contributed by atoms with Crippen LogP contribution in [0, 0.1) is 33.6 Å². The summed E-state index contributed by atoms with van der Waals surface area (Å²) in [5.74, 6) is 0.221. The van der Waals surface area contributed by atoms with Gasteiger partial charge >= 0.3 is 0 Å². The van der Waals surface area contributed by atoms with Gasteiger partial charge in [-0.2, -0.15) is 4.31 Å². The molecule has 0 aromatic heterocycles. The molecule has 0 spiro atoms. The van der Waals surface area contributed by atoms with Gasteiger partial charge in [-0.05, 0) is 68.7 Å². The molecule has 2 amide bonds. The van der Waals surface area contributed by atoms with Crippen molar-refractivity contribution < 1.29 is 18.0 Å². The van der Waals surface area contributed by atoms with Gasteiger partial charge in [0.1, 0.15) is 0 Å². The summed E-state index contributed by atoms with van der Waals surface area (Å²) in [4.78, 5) is 26.6. The topological polar surface area (TPSA) is 86.8 Å². The molecule has 1 N–H and O–H groups in total. The summed E-state index contributed by atoms with van der Waals surface area (Å²) in [6.45, 7) is 8.72. The highest BCUT2D eigenvalue weighted by atomic mass is 32.2. The lowest BCUT2D eigenvalue weighted by molar-refractivity contribution is -0.134. The van der Waals surface area contributed by atoms with E-state index in [9.17, 15) is 18.0 Å². The van der Waals surface area contributed by atoms with Crippen LogP contribution in [0.5, 0.6) is 0 Å². The van der Waals surface area contributed by atoms with E-state index in [2.05, 4.69) is 5.32 Å². The molecule has 1 saturated carbocycles. The molecule has 1 saturated heterocycles. The SMILES string of the molecule is Cc1cc(C)c(C)c(S(=O)(=O)N2CCN(C(=O)CNC(=O)CC3CCCC3)CC2)c1C. The molecule has 8 heteroatoms. The Morgan fingerprint density at radius 1 is 0.968 bits per heavy atom. The molecule has 2 fully saturated rings. The van der Waals surface area contributed by atoms with Crippen molar-refractivity contribution in [3.05, 3.63) is 28.3 Å². The Morgan fingerprint density at radius 2 is 1.52 bits per heavy atom. The first-order valence-corrected chi connectivity index (χ1v) is 12.7. The predicted octanol–water partition coefficient (Wildman–Crippen LogP) is 2.45. The molecule has 0 unspecified atom stereocenters. The number of aryl methyl sites for hydroxylation is 2. The van der Waals surface area contributed by atoms with Gasteiger partial charge in [-0.15, -0.1) is 0 Å². The number of sulfonamides is 1. The van der Waals surface area contributed by atoms with E-state index in [0.717, 1.165) is 35.1 Å². The molecule has 2 aliphatic rings. The van der Waals surface area contributed by atoms with Crippen LogP contribution in [0.25, 0.3) is 0 Å². The maximum atomic E-state index is 13.4. The summed E-state index contributed by atoms with van der Waals surface area (Å²) in [7, 11) is -3.63. The van der Waals surface area contributed by atoms with Crippen LogP contribution in [0.4, 0.5) is 0 Å². The van der Waals surface area contributed by atoms with E-state index in [0.29, 0.717) is 30.3 Å². The van der Waals surface area contributed by atoms with Crippen LogP contribution in [0.1, 0.15) is 54.4 Å². The number of amides is 2. The fraction of sp³-hybridized carbons (Fsp3) is 0.652. The molecule has 1 aromatic carbocycles. The van der Waals surface area contributed by atoms with Gasteiger partial charge in [0, 0.05) is 32.6 Å². The Hall–Kier alpha value is -1.93. The maximum absolute atomic E-state index is 13.4. The summed E-state index contributed by atoms with van der Waals surface area (Å²) < 4.78 is 28.2. The summed E-state index contributed by atoms with van der Waals surface area (Å²) in [6.07, 6.45) is 5.05. The number of hydrogen-bond donors (Lipinski definition) is 1. The molecule has 0 bridgehead atoms. The molecule has 3 rings (SSSR count). The minimum atomic E-state index is -3.63. The number of benzene rings is 1. The highest BCUT2D eigenvalue weighted by Crippen LogP contribution is 2.29. The lowest BCUT2D eigenvalue weighted by Crippen LogP contribution is -2.52. The Kier molecular flexibility index (Phi) is 7.42. The average Bonchev–Trinajstić information content (AvgIpc) is 3.23. The van der Waals surface area contributed by atoms with E-state index in [1.807, 2.05) is 33.8 Å². The standard InChI is InChI=1S/C23H35N3O4S/c1-16-13-17(2)19(4)23(18(16)3)31(29,30)26-11-9-25(10-12-26)22(28)15-24-21(27)14-20-7-5-6-8-20/h13,20H,5-12,14-15H2,1-4H3,(H,24,27). The summed E-state index contributed by atoms with van der Waals surface area (Å²) >= 11 is 0. The quantitative estimate of drug-likeness (QED) is 0.723. The van der Waals surface area contributed by atoms with Crippen molar-refractivity contribution in [2.75, 3.05) is 32.7 Å². The molecule has 0 atom stereocenters. The van der Waals surface area contributed by atoms with Crippen molar-refractivity contribution in [3.63, 3.8) is 0 Å². The van der Waals surface area contributed by atoms with Crippen LogP contribution >= 0.6 is 0 Å². The van der Waals surface area contributed by atoms with E-state index < -0.39 is 10.0 Å². The molecule has 1 aliphatic carbocycles. The van der Waals surface area contributed by atoms with E-state index in [1.165, 1.54) is 17.1 Å². The first-order chi connectivity index (χ1) is 14.6. The second kappa shape index (κ2) is 9.69. The van der Waals surface area contributed by atoms with Crippen LogP contribution in [0.15, 0.2) is 11.0 Å². The Morgan fingerprint density at radius 3 is 2.06 bits per heavy atom. The Labute approximate surface area is 186 Å². The minimum Gasteiger partial charge on any atom is -0.347 e. The molecule has 7 nitrogen and oxygen atoms in total. The van der Waals surface area contributed by atoms with Gasteiger partial charge in [-0.3, -0.25) is 9.59 Å². The zero-order valence-electron chi connectivity index (χ0n) is 19.2. The van der Waals surface area contributed by atoms with Crippen LogP contribution in [0.3, 0.4) is 0 Å². The Balaban J connectivity index is 1.56. The number of carbonyl (C=O) groups excluding carboxylic acids is 2. The number of nitrogens with zero attached hydrogens (tertiary/aromatic N) is 2. The highest BCUT2D eigenvalue weighted by Gasteiger charge is 2.33. The predicted molar refractivity (Wildman–Crippen MR) is 120 cm³/mol. The van der Waals surface area contributed by atoms with Crippen molar-refractivity contribution in [2.24, 2.45) is 5.92 Å². The van der Waals surface area contributed by atoms with Gasteiger partial charge in [-0.25, -0.2) is 8.42 Å². The normalized spacial score (nSPS) is 18.4. The molecule has 172 valence electrons. The van der Waals surface area contributed by atoms with Gasteiger partial charge in [0.25, 0.3) is 0 Å². The number of hydrogen-bond acceptors (Lipinski definition) is 4. The first-order valence-electron chi connectivity index (χ1n) is 11.2. The van der Waals surface area contributed by atoms with Gasteiger partial charge in [-0.1, -0.05) is 18.9 Å². The number of piperazine rings is 1. The molecule has 1 aromatic rings. The van der Waals surface area contributed by atoms with Gasteiger partial charge in [0.05, 0.1) is 11.4 Å². The average molecular weight is 450 g/mol. The van der Waals surface area contributed by atoms with Crippen LogP contribution in [-0.4, -0.2) is 62.2 Å². The monoisotopic (exact) mass is 449 g/mol. The highest BCUT2D eigenvalue weighted by molar-refractivity contribution is 7.89. The third kappa shape index (κ3) is 5.29. The molecule has 1 heterocycles. The zero-order valence-corrected chi connectivity index (χ0v) is 20.0. The van der Waals surface area contributed by atoms with E-state index >= 15 is 0 Å². The van der Waals surface area contributed by atoms with Crippen molar-refractivity contribution in [1.82, 2.24) is 14.5 Å². The lowest BCUT2D eigenvalue weighted by atomic mass is 10.0. The third-order valence-electron chi connectivity index (χ3n) is 6.87. The fourth-order valence-electron chi connectivity index (χ4n) is 4.71. The molecular formula is C23H35N3O4S.